The summed E-state index contributed by atoms with van der Waals surface area (Å²) >= 11 is 0. The SMILES string of the molecule is C(=C1/CCc2ccccc21)/c1cccnc1.Cl. The van der Waals surface area contributed by atoms with Crippen LogP contribution < -0.4 is 0 Å². The van der Waals surface area contributed by atoms with Crippen molar-refractivity contribution in [3.63, 3.8) is 0 Å². The van der Waals surface area contributed by atoms with Gasteiger partial charge in [0.1, 0.15) is 0 Å². The van der Waals surface area contributed by atoms with Crippen LogP contribution in [0.15, 0.2) is 48.8 Å². The van der Waals surface area contributed by atoms with Crippen LogP contribution in [0.3, 0.4) is 0 Å². The normalized spacial score (nSPS) is 15.4. The first-order valence-electron chi connectivity index (χ1n) is 5.62. The Hall–Kier alpha value is -1.60. The lowest BCUT2D eigenvalue weighted by Crippen LogP contribution is -1.80. The van der Waals surface area contributed by atoms with E-state index in [4.69, 9.17) is 0 Å². The van der Waals surface area contributed by atoms with Crippen molar-refractivity contribution < 1.29 is 0 Å². The Balaban J connectivity index is 0.00000108. The number of hydrogen-bond acceptors (Lipinski definition) is 1. The van der Waals surface area contributed by atoms with Gasteiger partial charge < -0.3 is 0 Å². The van der Waals surface area contributed by atoms with E-state index in [9.17, 15) is 0 Å². The molecule has 0 saturated carbocycles. The topological polar surface area (TPSA) is 12.9 Å². The summed E-state index contributed by atoms with van der Waals surface area (Å²) in [5.74, 6) is 0. The molecule has 0 amide bonds. The van der Waals surface area contributed by atoms with Crippen LogP contribution in [0.2, 0.25) is 0 Å². The van der Waals surface area contributed by atoms with Crippen LogP contribution >= 0.6 is 12.4 Å². The molecule has 0 spiro atoms. The molecule has 1 aromatic carbocycles. The summed E-state index contributed by atoms with van der Waals surface area (Å²) in [6.45, 7) is 0. The van der Waals surface area contributed by atoms with Crippen molar-refractivity contribution in [1.82, 2.24) is 4.98 Å². The Morgan fingerprint density at radius 2 is 1.88 bits per heavy atom. The largest absolute Gasteiger partial charge is 0.264 e. The van der Waals surface area contributed by atoms with Gasteiger partial charge >= 0.3 is 0 Å². The first kappa shape index (κ1) is 11.9. The van der Waals surface area contributed by atoms with Gasteiger partial charge in [-0.2, -0.15) is 0 Å². The molecule has 0 bridgehead atoms. The van der Waals surface area contributed by atoms with E-state index >= 15 is 0 Å². The molecule has 1 aliphatic rings. The molecule has 0 atom stereocenters. The summed E-state index contributed by atoms with van der Waals surface area (Å²) in [5.41, 5.74) is 5.50. The second-order valence-electron chi connectivity index (χ2n) is 4.11. The Morgan fingerprint density at radius 3 is 2.71 bits per heavy atom. The molecule has 1 aromatic heterocycles. The highest BCUT2D eigenvalue weighted by atomic mass is 35.5. The Morgan fingerprint density at radius 1 is 1.00 bits per heavy atom. The third-order valence-corrected chi connectivity index (χ3v) is 3.05. The number of hydrogen-bond donors (Lipinski definition) is 0. The Kier molecular flexibility index (Phi) is 3.60. The van der Waals surface area contributed by atoms with Crippen molar-refractivity contribution in [2.75, 3.05) is 0 Å². The number of aromatic nitrogens is 1. The molecule has 0 N–H and O–H groups in total. The summed E-state index contributed by atoms with van der Waals surface area (Å²) < 4.78 is 0. The quantitative estimate of drug-likeness (QED) is 0.738. The van der Waals surface area contributed by atoms with Gasteiger partial charge in [-0.05, 0) is 47.2 Å². The first-order valence-corrected chi connectivity index (χ1v) is 5.62. The van der Waals surface area contributed by atoms with Crippen LogP contribution in [0.25, 0.3) is 11.6 Å². The number of halogens is 1. The molecule has 1 heterocycles. The molecule has 3 rings (SSSR count). The summed E-state index contributed by atoms with van der Waals surface area (Å²) in [4.78, 5) is 4.14. The molecule has 0 aliphatic heterocycles. The van der Waals surface area contributed by atoms with Gasteiger partial charge in [0.25, 0.3) is 0 Å². The number of nitrogens with zero attached hydrogens (tertiary/aromatic N) is 1. The smallest absolute Gasteiger partial charge is 0.0340 e. The van der Waals surface area contributed by atoms with Crippen LogP contribution in [-0.2, 0) is 6.42 Å². The van der Waals surface area contributed by atoms with Gasteiger partial charge in [0.2, 0.25) is 0 Å². The summed E-state index contributed by atoms with van der Waals surface area (Å²) in [6, 6.07) is 12.7. The fourth-order valence-electron chi connectivity index (χ4n) is 2.27. The van der Waals surface area contributed by atoms with E-state index in [1.54, 1.807) is 0 Å². The van der Waals surface area contributed by atoms with Crippen LogP contribution in [0, 0.1) is 0 Å². The zero-order valence-corrected chi connectivity index (χ0v) is 10.3. The third-order valence-electron chi connectivity index (χ3n) is 3.05. The lowest BCUT2D eigenvalue weighted by Gasteiger charge is -2.00. The number of pyridine rings is 1. The van der Waals surface area contributed by atoms with Gasteiger partial charge in [0, 0.05) is 12.4 Å². The Labute approximate surface area is 108 Å². The van der Waals surface area contributed by atoms with Crippen molar-refractivity contribution in [3.8, 4) is 0 Å². The van der Waals surface area contributed by atoms with Gasteiger partial charge in [0.05, 0.1) is 0 Å². The van der Waals surface area contributed by atoms with E-state index in [1.165, 1.54) is 28.7 Å². The van der Waals surface area contributed by atoms with E-state index in [2.05, 4.69) is 41.4 Å². The second kappa shape index (κ2) is 5.15. The number of benzene rings is 1. The van der Waals surface area contributed by atoms with Crippen molar-refractivity contribution in [1.29, 1.82) is 0 Å². The standard InChI is InChI=1S/C15H13N.ClH/c1-2-6-15-13(5-1)7-8-14(15)10-12-4-3-9-16-11-12;/h1-6,9-11H,7-8H2;1H/b14-10+;. The molecular formula is C15H14ClN. The number of aryl methyl sites for hydroxylation is 1. The molecule has 1 aliphatic carbocycles. The fraction of sp³-hybridized carbons (Fsp3) is 0.133. The molecule has 1 nitrogen and oxygen atoms in total. The van der Waals surface area contributed by atoms with Crippen molar-refractivity contribution >= 4 is 24.1 Å². The maximum atomic E-state index is 4.14. The van der Waals surface area contributed by atoms with Gasteiger partial charge in [-0.15, -0.1) is 12.4 Å². The zero-order valence-electron chi connectivity index (χ0n) is 9.47. The molecule has 17 heavy (non-hydrogen) atoms. The minimum atomic E-state index is 0. The van der Waals surface area contributed by atoms with Gasteiger partial charge in [-0.3, -0.25) is 4.98 Å². The third kappa shape index (κ3) is 2.40. The molecule has 0 fully saturated rings. The van der Waals surface area contributed by atoms with E-state index in [0.29, 0.717) is 0 Å². The average molecular weight is 244 g/mol. The molecule has 0 radical (unpaired) electrons. The van der Waals surface area contributed by atoms with E-state index < -0.39 is 0 Å². The molecule has 0 unspecified atom stereocenters. The van der Waals surface area contributed by atoms with Gasteiger partial charge in [-0.25, -0.2) is 0 Å². The monoisotopic (exact) mass is 243 g/mol. The molecular weight excluding hydrogens is 230 g/mol. The van der Waals surface area contributed by atoms with E-state index in [-0.39, 0.29) is 12.4 Å². The predicted molar refractivity (Wildman–Crippen MR) is 74.1 cm³/mol. The maximum Gasteiger partial charge on any atom is 0.0340 e. The lowest BCUT2D eigenvalue weighted by atomic mass is 10.1. The van der Waals surface area contributed by atoms with Crippen LogP contribution in [0.5, 0.6) is 0 Å². The Bertz CT molecular complexity index is 532. The summed E-state index contributed by atoms with van der Waals surface area (Å²) in [7, 11) is 0. The van der Waals surface area contributed by atoms with Crippen LogP contribution in [0.1, 0.15) is 23.1 Å². The van der Waals surface area contributed by atoms with Gasteiger partial charge in [0.15, 0.2) is 0 Å². The minimum absolute atomic E-state index is 0. The zero-order chi connectivity index (χ0) is 10.8. The highest BCUT2D eigenvalue weighted by Crippen LogP contribution is 2.33. The highest BCUT2D eigenvalue weighted by Gasteiger charge is 2.14. The first-order chi connectivity index (χ1) is 7.93. The molecule has 86 valence electrons. The molecule has 2 heteroatoms. The van der Waals surface area contributed by atoms with E-state index in [0.717, 1.165) is 6.42 Å². The van der Waals surface area contributed by atoms with Crippen LogP contribution in [0.4, 0.5) is 0 Å². The molecule has 0 saturated heterocycles. The minimum Gasteiger partial charge on any atom is -0.264 e. The highest BCUT2D eigenvalue weighted by molar-refractivity contribution is 5.85. The van der Waals surface area contributed by atoms with Crippen molar-refractivity contribution in [2.45, 2.75) is 12.8 Å². The summed E-state index contributed by atoms with van der Waals surface area (Å²) in [6.07, 6.45) is 8.29. The number of fused-ring (bicyclic) bond motifs is 1. The van der Waals surface area contributed by atoms with Crippen LogP contribution in [-0.4, -0.2) is 4.98 Å². The van der Waals surface area contributed by atoms with Crippen molar-refractivity contribution in [2.24, 2.45) is 0 Å². The maximum absolute atomic E-state index is 4.14. The van der Waals surface area contributed by atoms with E-state index in [1.807, 2.05) is 18.5 Å². The number of allylic oxidation sites excluding steroid dienone is 1. The average Bonchev–Trinajstić information content (AvgIpc) is 2.74. The van der Waals surface area contributed by atoms with Gasteiger partial charge in [-0.1, -0.05) is 30.3 Å². The number of rotatable bonds is 1. The second-order valence-corrected chi connectivity index (χ2v) is 4.11. The predicted octanol–water partition coefficient (Wildman–Crippen LogP) is 3.99. The molecule has 2 aromatic rings. The fourth-order valence-corrected chi connectivity index (χ4v) is 2.27. The summed E-state index contributed by atoms with van der Waals surface area (Å²) in [5, 5.41) is 0. The lowest BCUT2D eigenvalue weighted by molar-refractivity contribution is 1.08. The van der Waals surface area contributed by atoms with Crippen molar-refractivity contribution in [3.05, 3.63) is 65.5 Å².